The Hall–Kier alpha value is -7.15. The van der Waals surface area contributed by atoms with Crippen LogP contribution in [0.1, 0.15) is 13.8 Å². The summed E-state index contributed by atoms with van der Waals surface area (Å²) < 4.78 is 11.1. The highest BCUT2D eigenvalue weighted by Crippen LogP contribution is 2.42. The Morgan fingerprint density at radius 2 is 1.11 bits per heavy atom. The average Bonchev–Trinajstić information content (AvgIpc) is 3.95. The minimum absolute atomic E-state index is 0.554. The van der Waals surface area contributed by atoms with Gasteiger partial charge in [0.15, 0.2) is 11.6 Å². The van der Waals surface area contributed by atoms with Crippen LogP contribution in [0.5, 0.6) is 0 Å². The quantitative estimate of drug-likeness (QED) is 0.180. The maximum Gasteiger partial charge on any atom is 0.238 e. The SMILES string of the molecule is CC.c1ccc(-c2nc(-c3ccc4c(c3)oc3ccccc34)nc(-n3c4cc5ccccc5cc4c4cccc(-c5ccc6sc7ccccc7c6c5)c43)n2)cc1. The third kappa shape index (κ3) is 5.33. The second-order valence-electron chi connectivity index (χ2n) is 14.0. The third-order valence-electron chi connectivity index (χ3n) is 10.8. The van der Waals surface area contributed by atoms with Crippen molar-refractivity contribution in [1.82, 2.24) is 19.5 Å². The van der Waals surface area contributed by atoms with Gasteiger partial charge in [-0.05, 0) is 64.9 Å². The van der Waals surface area contributed by atoms with Crippen LogP contribution in [0.25, 0.3) is 115 Å². The van der Waals surface area contributed by atoms with Gasteiger partial charge in [-0.3, -0.25) is 4.57 Å². The van der Waals surface area contributed by atoms with Crippen LogP contribution < -0.4 is 0 Å². The van der Waals surface area contributed by atoms with E-state index in [2.05, 4.69) is 138 Å². The van der Waals surface area contributed by atoms with E-state index < -0.39 is 0 Å². The average molecular weight is 751 g/mol. The van der Waals surface area contributed by atoms with Crippen LogP contribution in [0.3, 0.4) is 0 Å². The number of aromatic nitrogens is 4. The lowest BCUT2D eigenvalue weighted by Crippen LogP contribution is -2.07. The molecule has 0 saturated carbocycles. The molecule has 0 saturated heterocycles. The molecule has 5 nitrogen and oxygen atoms in total. The van der Waals surface area contributed by atoms with Gasteiger partial charge in [-0.1, -0.05) is 135 Å². The zero-order valence-corrected chi connectivity index (χ0v) is 32.1. The molecule has 0 radical (unpaired) electrons. The van der Waals surface area contributed by atoms with Crippen LogP contribution in [0.2, 0.25) is 0 Å². The lowest BCUT2D eigenvalue weighted by Gasteiger charge is -2.13. The molecule has 8 aromatic carbocycles. The number of furan rings is 1. The van der Waals surface area contributed by atoms with Crippen LogP contribution in [0.4, 0.5) is 0 Å². The first-order chi connectivity index (χ1) is 28.2. The van der Waals surface area contributed by atoms with Gasteiger partial charge in [-0.2, -0.15) is 9.97 Å². The molecule has 0 aliphatic rings. The number of fused-ring (bicyclic) bond motifs is 10. The summed E-state index contributed by atoms with van der Waals surface area (Å²) in [5.74, 6) is 1.73. The van der Waals surface area contributed by atoms with Gasteiger partial charge in [0.25, 0.3) is 0 Å². The molecule has 0 N–H and O–H groups in total. The molecule has 0 spiro atoms. The lowest BCUT2D eigenvalue weighted by molar-refractivity contribution is 0.669. The number of nitrogens with zero attached hydrogens (tertiary/aromatic N) is 4. The summed E-state index contributed by atoms with van der Waals surface area (Å²) in [4.78, 5) is 15.7. The van der Waals surface area contributed by atoms with Gasteiger partial charge in [0.1, 0.15) is 11.2 Å². The predicted octanol–water partition coefficient (Wildman–Crippen LogP) is 14.4. The number of para-hydroxylation sites is 2. The molecule has 12 aromatic rings. The highest BCUT2D eigenvalue weighted by Gasteiger charge is 2.22. The van der Waals surface area contributed by atoms with Crippen molar-refractivity contribution in [2.75, 3.05) is 0 Å². The van der Waals surface area contributed by atoms with E-state index in [9.17, 15) is 0 Å². The Bertz CT molecular complexity index is 3500. The van der Waals surface area contributed by atoms with Gasteiger partial charge in [-0.25, -0.2) is 4.98 Å². The van der Waals surface area contributed by atoms with E-state index in [1.54, 1.807) is 0 Å². The van der Waals surface area contributed by atoms with E-state index >= 15 is 0 Å². The van der Waals surface area contributed by atoms with Crippen molar-refractivity contribution in [1.29, 1.82) is 0 Å². The molecule has 270 valence electrons. The molecule has 0 aliphatic carbocycles. The van der Waals surface area contributed by atoms with Crippen molar-refractivity contribution in [3.05, 3.63) is 170 Å². The minimum Gasteiger partial charge on any atom is -0.456 e. The first-order valence-corrected chi connectivity index (χ1v) is 20.2. The monoisotopic (exact) mass is 750 g/mol. The van der Waals surface area contributed by atoms with E-state index in [1.807, 2.05) is 61.6 Å². The van der Waals surface area contributed by atoms with Crippen molar-refractivity contribution in [3.63, 3.8) is 0 Å². The van der Waals surface area contributed by atoms with Crippen LogP contribution in [-0.4, -0.2) is 19.5 Å². The van der Waals surface area contributed by atoms with Crippen LogP contribution in [0, 0.1) is 0 Å². The lowest BCUT2D eigenvalue weighted by atomic mass is 9.99. The Morgan fingerprint density at radius 3 is 1.96 bits per heavy atom. The molecule has 0 atom stereocenters. The van der Waals surface area contributed by atoms with Crippen LogP contribution >= 0.6 is 11.3 Å². The van der Waals surface area contributed by atoms with Crippen molar-refractivity contribution in [3.8, 4) is 39.9 Å². The van der Waals surface area contributed by atoms with Gasteiger partial charge in [0.05, 0.1) is 11.0 Å². The molecule has 0 amide bonds. The van der Waals surface area contributed by atoms with Crippen molar-refractivity contribution in [2.45, 2.75) is 13.8 Å². The van der Waals surface area contributed by atoms with Gasteiger partial charge in [0.2, 0.25) is 5.95 Å². The maximum absolute atomic E-state index is 6.33. The van der Waals surface area contributed by atoms with Crippen molar-refractivity contribution < 1.29 is 4.42 Å². The molecule has 0 unspecified atom stereocenters. The summed E-state index contributed by atoms with van der Waals surface area (Å²) in [7, 11) is 0. The fraction of sp³-hybridized carbons (Fsp3) is 0.0392. The maximum atomic E-state index is 6.33. The Labute approximate surface area is 332 Å². The van der Waals surface area contributed by atoms with Gasteiger partial charge in [0, 0.05) is 58.4 Å². The number of rotatable bonds is 4. The molecule has 0 aliphatic heterocycles. The van der Waals surface area contributed by atoms with E-state index in [1.165, 1.54) is 25.6 Å². The summed E-state index contributed by atoms with van der Waals surface area (Å²) in [6.45, 7) is 4.00. The zero-order chi connectivity index (χ0) is 38.0. The number of benzene rings is 8. The fourth-order valence-corrected chi connectivity index (χ4v) is 9.35. The minimum atomic E-state index is 0.554. The summed E-state index contributed by atoms with van der Waals surface area (Å²) in [6.07, 6.45) is 0. The smallest absolute Gasteiger partial charge is 0.238 e. The third-order valence-corrected chi connectivity index (χ3v) is 12.0. The van der Waals surface area contributed by atoms with E-state index in [-0.39, 0.29) is 0 Å². The molecule has 6 heteroatoms. The topological polar surface area (TPSA) is 56.7 Å². The van der Waals surface area contributed by atoms with Crippen LogP contribution in [-0.2, 0) is 0 Å². The fourth-order valence-electron chi connectivity index (χ4n) is 8.26. The molecule has 0 bridgehead atoms. The summed E-state index contributed by atoms with van der Waals surface area (Å²) in [5, 5.41) is 9.31. The highest BCUT2D eigenvalue weighted by molar-refractivity contribution is 7.25. The molecule has 0 fully saturated rings. The number of thiophene rings is 1. The molecular formula is C51H34N4OS. The normalized spacial score (nSPS) is 11.7. The summed E-state index contributed by atoms with van der Waals surface area (Å²) in [6, 6.07) is 59.8. The number of hydrogen-bond acceptors (Lipinski definition) is 5. The van der Waals surface area contributed by atoms with Crippen molar-refractivity contribution >= 4 is 86.0 Å². The largest absolute Gasteiger partial charge is 0.456 e. The summed E-state index contributed by atoms with van der Waals surface area (Å²) in [5.41, 5.74) is 7.76. The number of hydrogen-bond donors (Lipinski definition) is 0. The highest BCUT2D eigenvalue weighted by atomic mass is 32.1. The first kappa shape index (κ1) is 33.2. The second-order valence-corrected chi connectivity index (χ2v) is 15.1. The summed E-state index contributed by atoms with van der Waals surface area (Å²) >= 11 is 1.84. The van der Waals surface area contributed by atoms with Crippen LogP contribution in [0.15, 0.2) is 174 Å². The second kappa shape index (κ2) is 13.3. The van der Waals surface area contributed by atoms with Gasteiger partial charge in [-0.15, -0.1) is 11.3 Å². The molecule has 4 aromatic heterocycles. The van der Waals surface area contributed by atoms with E-state index in [4.69, 9.17) is 19.4 Å². The Kier molecular flexibility index (Phi) is 7.72. The zero-order valence-electron chi connectivity index (χ0n) is 31.3. The Balaban J connectivity index is 0.00000184. The Morgan fingerprint density at radius 1 is 0.439 bits per heavy atom. The molecule has 4 heterocycles. The van der Waals surface area contributed by atoms with E-state index in [0.717, 1.165) is 71.4 Å². The molecule has 57 heavy (non-hydrogen) atoms. The standard InChI is InChI=1S/C49H28N4OS.C2H6/c1-2-11-29(12-3-1)47-50-48(33-21-23-36-35-15-6-8-19-42(35)54-43(36)28-33)52-49(51-47)53-41-27-31-14-5-4-13-30(31)25-39(41)38-18-10-17-34(46(38)53)32-22-24-45-40(26-32)37-16-7-9-20-44(37)55-45;1-2/h1-28H;1-2H3. The predicted molar refractivity (Wildman–Crippen MR) is 239 cm³/mol. The molecular weight excluding hydrogens is 717 g/mol. The van der Waals surface area contributed by atoms with E-state index in [0.29, 0.717) is 17.6 Å². The van der Waals surface area contributed by atoms with Gasteiger partial charge >= 0.3 is 0 Å². The first-order valence-electron chi connectivity index (χ1n) is 19.3. The van der Waals surface area contributed by atoms with Gasteiger partial charge < -0.3 is 4.42 Å². The van der Waals surface area contributed by atoms with Crippen molar-refractivity contribution in [2.24, 2.45) is 0 Å². The molecule has 12 rings (SSSR count).